The third-order valence-electron chi connectivity index (χ3n) is 2.31. The SMILES string of the molecule is CNC(C)c1nc2ccc(F)cc2[nH]1. The summed E-state index contributed by atoms with van der Waals surface area (Å²) in [6.07, 6.45) is 0. The van der Waals surface area contributed by atoms with Gasteiger partial charge in [-0.2, -0.15) is 0 Å². The van der Waals surface area contributed by atoms with Crippen LogP contribution in [0.4, 0.5) is 4.39 Å². The van der Waals surface area contributed by atoms with Gasteiger partial charge < -0.3 is 10.3 Å². The summed E-state index contributed by atoms with van der Waals surface area (Å²) in [5, 5.41) is 3.07. The average Bonchev–Trinajstić information content (AvgIpc) is 2.59. The number of fused-ring (bicyclic) bond motifs is 1. The second-order valence-electron chi connectivity index (χ2n) is 3.29. The van der Waals surface area contributed by atoms with Crippen LogP contribution in [0.5, 0.6) is 0 Å². The molecule has 2 aromatic rings. The lowest BCUT2D eigenvalue weighted by molar-refractivity contribution is 0.619. The Morgan fingerprint density at radius 3 is 3.00 bits per heavy atom. The second kappa shape index (κ2) is 3.38. The summed E-state index contributed by atoms with van der Waals surface area (Å²) < 4.78 is 12.9. The number of nitrogens with one attached hydrogen (secondary N) is 2. The van der Waals surface area contributed by atoms with Crippen molar-refractivity contribution in [2.24, 2.45) is 0 Å². The van der Waals surface area contributed by atoms with Crippen molar-refractivity contribution in [1.29, 1.82) is 0 Å². The molecule has 0 spiro atoms. The molecule has 0 saturated heterocycles. The average molecular weight is 193 g/mol. The molecule has 1 atom stereocenters. The number of aromatic amines is 1. The molecular formula is C10H12FN3. The minimum atomic E-state index is -0.246. The van der Waals surface area contributed by atoms with Gasteiger partial charge in [-0.25, -0.2) is 9.37 Å². The summed E-state index contributed by atoms with van der Waals surface area (Å²) in [6, 6.07) is 4.68. The van der Waals surface area contributed by atoms with Crippen molar-refractivity contribution in [3.8, 4) is 0 Å². The van der Waals surface area contributed by atoms with Crippen LogP contribution in [-0.2, 0) is 0 Å². The Kier molecular flexibility index (Phi) is 2.21. The predicted molar refractivity (Wildman–Crippen MR) is 53.5 cm³/mol. The molecule has 4 heteroatoms. The Balaban J connectivity index is 2.51. The number of benzene rings is 1. The third-order valence-corrected chi connectivity index (χ3v) is 2.31. The van der Waals surface area contributed by atoms with Crippen molar-refractivity contribution < 1.29 is 4.39 Å². The van der Waals surface area contributed by atoms with E-state index in [1.807, 2.05) is 14.0 Å². The number of hydrogen-bond donors (Lipinski definition) is 2. The van der Waals surface area contributed by atoms with Crippen LogP contribution in [-0.4, -0.2) is 17.0 Å². The predicted octanol–water partition coefficient (Wildman–Crippen LogP) is 1.98. The number of halogens is 1. The number of rotatable bonds is 2. The van der Waals surface area contributed by atoms with E-state index in [1.165, 1.54) is 12.1 Å². The number of hydrogen-bond acceptors (Lipinski definition) is 2. The number of nitrogens with zero attached hydrogens (tertiary/aromatic N) is 1. The lowest BCUT2D eigenvalue weighted by atomic mass is 10.3. The van der Waals surface area contributed by atoms with Gasteiger partial charge in [0.15, 0.2) is 0 Å². The fraction of sp³-hybridized carbons (Fsp3) is 0.300. The van der Waals surface area contributed by atoms with Gasteiger partial charge in [0, 0.05) is 0 Å². The molecule has 1 unspecified atom stereocenters. The van der Waals surface area contributed by atoms with Crippen molar-refractivity contribution >= 4 is 11.0 Å². The summed E-state index contributed by atoms with van der Waals surface area (Å²) in [4.78, 5) is 7.41. The molecule has 2 N–H and O–H groups in total. The smallest absolute Gasteiger partial charge is 0.125 e. The summed E-state index contributed by atoms with van der Waals surface area (Å²) >= 11 is 0. The molecule has 2 rings (SSSR count). The largest absolute Gasteiger partial charge is 0.341 e. The van der Waals surface area contributed by atoms with Crippen LogP contribution in [0.2, 0.25) is 0 Å². The molecule has 0 aliphatic heterocycles. The first-order chi connectivity index (χ1) is 6.70. The lowest BCUT2D eigenvalue weighted by Crippen LogP contribution is -2.13. The molecule has 0 amide bonds. The van der Waals surface area contributed by atoms with Gasteiger partial charge in [0.1, 0.15) is 11.6 Å². The van der Waals surface area contributed by atoms with E-state index >= 15 is 0 Å². The maximum atomic E-state index is 12.9. The fourth-order valence-electron chi connectivity index (χ4n) is 1.34. The topological polar surface area (TPSA) is 40.7 Å². The van der Waals surface area contributed by atoms with Gasteiger partial charge >= 0.3 is 0 Å². The Hall–Kier alpha value is -1.42. The molecule has 1 heterocycles. The van der Waals surface area contributed by atoms with Crippen LogP contribution in [0.1, 0.15) is 18.8 Å². The molecular weight excluding hydrogens is 181 g/mol. The summed E-state index contributed by atoms with van der Waals surface area (Å²) in [5.41, 5.74) is 1.53. The molecule has 0 aliphatic carbocycles. The number of H-pyrrole nitrogens is 1. The van der Waals surface area contributed by atoms with Crippen LogP contribution in [0.25, 0.3) is 11.0 Å². The van der Waals surface area contributed by atoms with Gasteiger partial charge in [0.25, 0.3) is 0 Å². The van der Waals surface area contributed by atoms with Gasteiger partial charge in [0.2, 0.25) is 0 Å². The molecule has 0 radical (unpaired) electrons. The van der Waals surface area contributed by atoms with Crippen LogP contribution in [0, 0.1) is 5.82 Å². The van der Waals surface area contributed by atoms with E-state index in [-0.39, 0.29) is 11.9 Å². The van der Waals surface area contributed by atoms with E-state index < -0.39 is 0 Å². The van der Waals surface area contributed by atoms with E-state index in [4.69, 9.17) is 0 Å². The highest BCUT2D eigenvalue weighted by atomic mass is 19.1. The molecule has 0 bridgehead atoms. The van der Waals surface area contributed by atoms with E-state index in [9.17, 15) is 4.39 Å². The molecule has 1 aromatic heterocycles. The Bertz CT molecular complexity index is 450. The Labute approximate surface area is 81.4 Å². The fourth-order valence-corrected chi connectivity index (χ4v) is 1.34. The van der Waals surface area contributed by atoms with Crippen molar-refractivity contribution in [2.75, 3.05) is 7.05 Å². The number of imidazole rings is 1. The van der Waals surface area contributed by atoms with Gasteiger partial charge in [-0.05, 0) is 32.2 Å². The van der Waals surface area contributed by atoms with Crippen molar-refractivity contribution in [3.05, 3.63) is 29.8 Å². The molecule has 0 aliphatic rings. The molecule has 0 fully saturated rings. The van der Waals surface area contributed by atoms with Crippen LogP contribution in [0.3, 0.4) is 0 Å². The highest BCUT2D eigenvalue weighted by Gasteiger charge is 2.08. The molecule has 0 saturated carbocycles. The van der Waals surface area contributed by atoms with Crippen molar-refractivity contribution in [2.45, 2.75) is 13.0 Å². The summed E-state index contributed by atoms with van der Waals surface area (Å²) in [7, 11) is 1.86. The van der Waals surface area contributed by atoms with Gasteiger partial charge in [0.05, 0.1) is 17.1 Å². The standard InChI is InChI=1S/C10H12FN3/c1-6(12-2)10-13-8-4-3-7(11)5-9(8)14-10/h3-6,12H,1-2H3,(H,13,14). The summed E-state index contributed by atoms with van der Waals surface area (Å²) in [5.74, 6) is 0.581. The zero-order valence-electron chi connectivity index (χ0n) is 8.13. The minimum absolute atomic E-state index is 0.144. The van der Waals surface area contributed by atoms with E-state index in [0.717, 1.165) is 16.9 Å². The zero-order chi connectivity index (χ0) is 10.1. The molecule has 1 aromatic carbocycles. The van der Waals surface area contributed by atoms with Gasteiger partial charge in [-0.3, -0.25) is 0 Å². The van der Waals surface area contributed by atoms with Gasteiger partial charge in [-0.1, -0.05) is 0 Å². The maximum Gasteiger partial charge on any atom is 0.125 e. The van der Waals surface area contributed by atoms with E-state index in [0.29, 0.717) is 0 Å². The Morgan fingerprint density at radius 1 is 1.50 bits per heavy atom. The van der Waals surface area contributed by atoms with E-state index in [1.54, 1.807) is 6.07 Å². The number of aromatic nitrogens is 2. The third kappa shape index (κ3) is 1.48. The quantitative estimate of drug-likeness (QED) is 0.765. The van der Waals surface area contributed by atoms with Crippen molar-refractivity contribution in [3.63, 3.8) is 0 Å². The van der Waals surface area contributed by atoms with Crippen LogP contribution < -0.4 is 5.32 Å². The molecule has 14 heavy (non-hydrogen) atoms. The van der Waals surface area contributed by atoms with Gasteiger partial charge in [-0.15, -0.1) is 0 Å². The monoisotopic (exact) mass is 193 g/mol. The van der Waals surface area contributed by atoms with E-state index in [2.05, 4.69) is 15.3 Å². The maximum absolute atomic E-state index is 12.9. The molecule has 3 nitrogen and oxygen atoms in total. The normalized spacial score (nSPS) is 13.4. The first-order valence-electron chi connectivity index (χ1n) is 4.53. The first-order valence-corrected chi connectivity index (χ1v) is 4.53. The lowest BCUT2D eigenvalue weighted by Gasteiger charge is -2.04. The van der Waals surface area contributed by atoms with Crippen molar-refractivity contribution in [1.82, 2.24) is 15.3 Å². The Morgan fingerprint density at radius 2 is 2.29 bits per heavy atom. The summed E-state index contributed by atoms with van der Waals surface area (Å²) in [6.45, 7) is 1.99. The first kappa shape index (κ1) is 9.15. The van der Waals surface area contributed by atoms with Crippen LogP contribution in [0.15, 0.2) is 18.2 Å². The second-order valence-corrected chi connectivity index (χ2v) is 3.29. The highest BCUT2D eigenvalue weighted by molar-refractivity contribution is 5.75. The van der Waals surface area contributed by atoms with Crippen LogP contribution >= 0.6 is 0 Å². The molecule has 74 valence electrons. The zero-order valence-corrected chi connectivity index (χ0v) is 8.13. The highest BCUT2D eigenvalue weighted by Crippen LogP contribution is 2.16. The minimum Gasteiger partial charge on any atom is -0.341 e.